The zero-order valence-corrected chi connectivity index (χ0v) is 15.6. The number of nitrogens with zero attached hydrogens (tertiary/aromatic N) is 3. The highest BCUT2D eigenvalue weighted by Gasteiger charge is 2.16. The molecule has 28 heavy (non-hydrogen) atoms. The smallest absolute Gasteiger partial charge is 0.241 e. The topological polar surface area (TPSA) is 141 Å². The highest BCUT2D eigenvalue weighted by Crippen LogP contribution is 2.21. The first-order valence-corrected chi connectivity index (χ1v) is 9.48. The Kier molecular flexibility index (Phi) is 5.22. The number of thiocarbonyl (C=S) groups is 1. The molecule has 0 spiro atoms. The maximum atomic E-state index is 13.8. The van der Waals surface area contributed by atoms with Gasteiger partial charge in [-0.15, -0.1) is 5.10 Å². The largest absolute Gasteiger partial charge is 0.366 e. The molecular formula is C15H13F2N7O2S2. The van der Waals surface area contributed by atoms with E-state index in [4.69, 9.17) is 23.1 Å². The quantitative estimate of drug-likeness (QED) is 0.464. The normalized spacial score (nSPS) is 11.2. The lowest BCUT2D eigenvalue weighted by atomic mass is 10.3. The lowest BCUT2D eigenvalue weighted by molar-refractivity contribution is 0.591. The first-order valence-electron chi connectivity index (χ1n) is 7.53. The van der Waals surface area contributed by atoms with Crippen molar-refractivity contribution in [3.05, 3.63) is 54.1 Å². The van der Waals surface area contributed by atoms with Gasteiger partial charge in [0.05, 0.1) is 4.90 Å². The van der Waals surface area contributed by atoms with Crippen molar-refractivity contribution in [3.63, 3.8) is 0 Å². The average molecular weight is 425 g/mol. The molecule has 0 amide bonds. The van der Waals surface area contributed by atoms with Crippen LogP contribution in [0.3, 0.4) is 0 Å². The van der Waals surface area contributed by atoms with Crippen LogP contribution in [0, 0.1) is 11.6 Å². The van der Waals surface area contributed by atoms with Gasteiger partial charge in [-0.2, -0.15) is 9.67 Å². The number of hydrogen-bond acceptors (Lipinski definition) is 7. The van der Waals surface area contributed by atoms with Crippen LogP contribution in [-0.4, -0.2) is 28.3 Å². The van der Waals surface area contributed by atoms with E-state index in [1.807, 2.05) is 0 Å². The lowest BCUT2D eigenvalue weighted by Gasteiger charge is -2.12. The van der Waals surface area contributed by atoms with Gasteiger partial charge in [-0.3, -0.25) is 0 Å². The third-order valence-electron chi connectivity index (χ3n) is 3.45. The average Bonchev–Trinajstić information content (AvgIpc) is 2.98. The van der Waals surface area contributed by atoms with Gasteiger partial charge < -0.3 is 16.4 Å². The number of aromatic nitrogens is 3. The van der Waals surface area contributed by atoms with E-state index in [1.165, 1.54) is 30.3 Å². The fourth-order valence-electron chi connectivity index (χ4n) is 2.18. The van der Waals surface area contributed by atoms with Gasteiger partial charge in [0, 0.05) is 5.69 Å². The number of nitrogens with one attached hydrogen (secondary N) is 2. The summed E-state index contributed by atoms with van der Waals surface area (Å²) in [6.45, 7) is 0. The molecule has 1 aromatic heterocycles. The molecule has 0 saturated carbocycles. The number of sulfonamides is 1. The minimum Gasteiger partial charge on any atom is -0.366 e. The summed E-state index contributed by atoms with van der Waals surface area (Å²) < 4.78 is 51.3. The molecule has 0 atom stereocenters. The van der Waals surface area contributed by atoms with E-state index in [1.54, 1.807) is 0 Å². The van der Waals surface area contributed by atoms with Crippen LogP contribution in [-0.2, 0) is 10.0 Å². The molecule has 0 bridgehead atoms. The van der Waals surface area contributed by atoms with Crippen molar-refractivity contribution in [2.75, 3.05) is 16.4 Å². The Morgan fingerprint density at radius 1 is 1.11 bits per heavy atom. The van der Waals surface area contributed by atoms with E-state index >= 15 is 0 Å². The molecule has 0 aliphatic heterocycles. The second kappa shape index (κ2) is 7.46. The fraction of sp³-hybridized carbons (Fsp3) is 0. The summed E-state index contributed by atoms with van der Waals surface area (Å²) in [5.41, 5.74) is 5.55. The summed E-state index contributed by atoms with van der Waals surface area (Å²) in [7, 11) is -3.84. The number of halogens is 2. The molecule has 9 nitrogen and oxygen atoms in total. The monoisotopic (exact) mass is 425 g/mol. The molecule has 0 aliphatic rings. The van der Waals surface area contributed by atoms with Crippen LogP contribution >= 0.6 is 12.2 Å². The molecule has 13 heteroatoms. The van der Waals surface area contributed by atoms with Crippen molar-refractivity contribution < 1.29 is 17.2 Å². The Balaban J connectivity index is 1.86. The van der Waals surface area contributed by atoms with Gasteiger partial charge in [-0.1, -0.05) is 6.07 Å². The second-order valence-electron chi connectivity index (χ2n) is 5.43. The van der Waals surface area contributed by atoms with E-state index in [0.717, 1.165) is 16.8 Å². The highest BCUT2D eigenvalue weighted by atomic mass is 32.2. The molecule has 146 valence electrons. The highest BCUT2D eigenvalue weighted by molar-refractivity contribution is 7.89. The zero-order valence-electron chi connectivity index (χ0n) is 13.9. The maximum Gasteiger partial charge on any atom is 0.241 e. The molecule has 3 aromatic rings. The number of hydrogen-bond donors (Lipinski definition) is 4. The number of primary sulfonamides is 1. The number of nitrogens with two attached hydrogens (primary N) is 2. The van der Waals surface area contributed by atoms with E-state index in [2.05, 4.69) is 20.7 Å². The third-order valence-corrected chi connectivity index (χ3v) is 4.65. The van der Waals surface area contributed by atoms with Crippen molar-refractivity contribution in [1.82, 2.24) is 14.8 Å². The molecule has 0 aliphatic carbocycles. The van der Waals surface area contributed by atoms with Crippen molar-refractivity contribution >= 4 is 50.6 Å². The summed E-state index contributed by atoms with van der Waals surface area (Å²) in [4.78, 5) is 3.87. The van der Waals surface area contributed by atoms with Gasteiger partial charge in [0.2, 0.25) is 27.0 Å². The Morgan fingerprint density at radius 3 is 2.29 bits per heavy atom. The maximum absolute atomic E-state index is 13.8. The van der Waals surface area contributed by atoms with E-state index in [0.29, 0.717) is 5.69 Å². The standard InChI is InChI=1S/C15H13F2N7O2S2/c16-10-2-1-3-11(17)12(10)21-15(27)24-14(22-13(18)23-24)20-8-4-6-9(7-5-8)28(19,25)26/h1-7H,(H,21,27)(H2,19,25,26)(H3,18,20,22,23). The fourth-order valence-corrected chi connectivity index (χ4v) is 2.93. The molecule has 0 fully saturated rings. The molecule has 0 radical (unpaired) electrons. The molecular weight excluding hydrogens is 412 g/mol. The zero-order chi connectivity index (χ0) is 20.5. The van der Waals surface area contributed by atoms with Crippen molar-refractivity contribution in [1.29, 1.82) is 0 Å². The Bertz CT molecular complexity index is 1130. The predicted molar refractivity (Wildman–Crippen MR) is 104 cm³/mol. The van der Waals surface area contributed by atoms with Crippen LogP contribution in [0.2, 0.25) is 0 Å². The summed E-state index contributed by atoms with van der Waals surface area (Å²) in [5.74, 6) is -1.80. The Morgan fingerprint density at radius 2 is 1.71 bits per heavy atom. The van der Waals surface area contributed by atoms with Gasteiger partial charge in [-0.25, -0.2) is 22.3 Å². The van der Waals surface area contributed by atoms with Crippen LogP contribution < -0.4 is 21.5 Å². The first-order chi connectivity index (χ1) is 13.1. The molecule has 0 unspecified atom stereocenters. The van der Waals surface area contributed by atoms with Gasteiger partial charge in [-0.05, 0) is 48.6 Å². The number of para-hydroxylation sites is 1. The summed E-state index contributed by atoms with van der Waals surface area (Å²) in [6.07, 6.45) is 0. The Hall–Kier alpha value is -3.16. The molecule has 1 heterocycles. The van der Waals surface area contributed by atoms with E-state index in [-0.39, 0.29) is 21.9 Å². The second-order valence-corrected chi connectivity index (χ2v) is 7.37. The van der Waals surface area contributed by atoms with Crippen LogP contribution in [0.5, 0.6) is 0 Å². The lowest BCUT2D eigenvalue weighted by Crippen LogP contribution is -2.23. The summed E-state index contributed by atoms with van der Waals surface area (Å²) in [5, 5.41) is 14.0. The molecule has 0 saturated heterocycles. The first kappa shape index (κ1) is 19.6. The van der Waals surface area contributed by atoms with Crippen LogP contribution in [0.4, 0.5) is 32.1 Å². The van der Waals surface area contributed by atoms with Crippen LogP contribution in [0.15, 0.2) is 47.4 Å². The van der Waals surface area contributed by atoms with Gasteiger partial charge in [0.1, 0.15) is 17.3 Å². The molecule has 6 N–H and O–H groups in total. The van der Waals surface area contributed by atoms with Gasteiger partial charge in [0.25, 0.3) is 0 Å². The predicted octanol–water partition coefficient (Wildman–Crippen LogP) is 1.77. The van der Waals surface area contributed by atoms with Gasteiger partial charge >= 0.3 is 0 Å². The number of rotatable bonds is 4. The van der Waals surface area contributed by atoms with Crippen molar-refractivity contribution in [2.45, 2.75) is 4.90 Å². The van der Waals surface area contributed by atoms with Crippen LogP contribution in [0.25, 0.3) is 0 Å². The Labute approximate surface area is 163 Å². The van der Waals surface area contributed by atoms with Gasteiger partial charge in [0.15, 0.2) is 0 Å². The third kappa shape index (κ3) is 4.21. The van der Waals surface area contributed by atoms with E-state index in [9.17, 15) is 17.2 Å². The van der Waals surface area contributed by atoms with Crippen molar-refractivity contribution in [2.24, 2.45) is 5.14 Å². The molecule has 3 rings (SSSR count). The number of anilines is 4. The van der Waals surface area contributed by atoms with Crippen molar-refractivity contribution in [3.8, 4) is 0 Å². The molecule has 2 aromatic carbocycles. The number of nitrogen functional groups attached to an aromatic ring is 1. The minimum atomic E-state index is -3.84. The van der Waals surface area contributed by atoms with Crippen LogP contribution in [0.1, 0.15) is 0 Å². The summed E-state index contributed by atoms with van der Waals surface area (Å²) >= 11 is 5.13. The number of benzene rings is 2. The van der Waals surface area contributed by atoms with E-state index < -0.39 is 27.3 Å². The minimum absolute atomic E-state index is 0.0371. The summed E-state index contributed by atoms with van der Waals surface area (Å²) in [6, 6.07) is 8.78. The SMILES string of the molecule is Nc1nc(Nc2ccc(S(N)(=O)=O)cc2)n(C(=S)Nc2c(F)cccc2F)n1.